The van der Waals surface area contributed by atoms with Gasteiger partial charge in [-0.05, 0) is 80.5 Å². The molecule has 2 heteroatoms. The summed E-state index contributed by atoms with van der Waals surface area (Å²) in [6.07, 6.45) is 10.1. The molecule has 4 fully saturated rings. The van der Waals surface area contributed by atoms with E-state index in [0.717, 1.165) is 49.9 Å². The smallest absolute Gasteiger partial charge is 0.139 e. The summed E-state index contributed by atoms with van der Waals surface area (Å²) in [7, 11) is 0. The summed E-state index contributed by atoms with van der Waals surface area (Å²) in [5, 5.41) is 10.0. The summed E-state index contributed by atoms with van der Waals surface area (Å²) in [5.74, 6) is 3.54. The van der Waals surface area contributed by atoms with E-state index in [-0.39, 0.29) is 11.5 Å². The van der Waals surface area contributed by atoms with Crippen molar-refractivity contribution in [1.82, 2.24) is 0 Å². The molecular formula is C19H30O2. The number of fused-ring (bicyclic) bond motifs is 5. The molecule has 4 rings (SSSR count). The van der Waals surface area contributed by atoms with Crippen LogP contribution in [0.5, 0.6) is 0 Å². The highest BCUT2D eigenvalue weighted by Gasteiger charge is 2.60. The Morgan fingerprint density at radius 3 is 2.62 bits per heavy atom. The third-order valence-electron chi connectivity index (χ3n) is 8.35. The lowest BCUT2D eigenvalue weighted by atomic mass is 9.45. The topological polar surface area (TPSA) is 37.3 Å². The van der Waals surface area contributed by atoms with Crippen molar-refractivity contribution in [3.8, 4) is 0 Å². The van der Waals surface area contributed by atoms with Crippen LogP contribution in [0, 0.1) is 34.5 Å². The van der Waals surface area contributed by atoms with Gasteiger partial charge in [0.25, 0.3) is 0 Å². The van der Waals surface area contributed by atoms with Gasteiger partial charge in [-0.2, -0.15) is 0 Å². The van der Waals surface area contributed by atoms with Gasteiger partial charge >= 0.3 is 0 Å². The second-order valence-corrected chi connectivity index (χ2v) is 9.00. The van der Waals surface area contributed by atoms with Crippen molar-refractivity contribution in [2.24, 2.45) is 34.5 Å². The van der Waals surface area contributed by atoms with E-state index in [1.807, 2.05) is 0 Å². The lowest BCUT2D eigenvalue weighted by Crippen LogP contribution is -2.54. The van der Waals surface area contributed by atoms with Crippen LogP contribution in [0.4, 0.5) is 0 Å². The number of aliphatic hydroxyl groups excluding tert-OH is 1. The second kappa shape index (κ2) is 4.57. The molecule has 0 amide bonds. The number of hydrogen-bond acceptors (Lipinski definition) is 2. The Balaban J connectivity index is 1.64. The Kier molecular flexibility index (Phi) is 3.10. The molecule has 0 aromatic rings. The minimum absolute atomic E-state index is 0.0124. The third-order valence-corrected chi connectivity index (χ3v) is 8.35. The van der Waals surface area contributed by atoms with Crippen molar-refractivity contribution in [3.63, 3.8) is 0 Å². The number of aliphatic hydroxyl groups is 1. The zero-order valence-corrected chi connectivity index (χ0v) is 13.6. The maximum absolute atomic E-state index is 12.4. The molecule has 0 aromatic carbocycles. The maximum Gasteiger partial charge on any atom is 0.139 e. The van der Waals surface area contributed by atoms with Gasteiger partial charge in [-0.15, -0.1) is 0 Å². The summed E-state index contributed by atoms with van der Waals surface area (Å²) in [6, 6.07) is 0. The molecule has 4 aliphatic rings. The predicted molar refractivity (Wildman–Crippen MR) is 82.7 cm³/mol. The van der Waals surface area contributed by atoms with Crippen LogP contribution in [0.2, 0.25) is 0 Å². The quantitative estimate of drug-likeness (QED) is 0.733. The van der Waals surface area contributed by atoms with Crippen molar-refractivity contribution in [3.05, 3.63) is 0 Å². The maximum atomic E-state index is 12.4. The average molecular weight is 290 g/mol. The van der Waals surface area contributed by atoms with Crippen molar-refractivity contribution < 1.29 is 9.90 Å². The van der Waals surface area contributed by atoms with E-state index in [4.69, 9.17) is 0 Å². The molecule has 4 aliphatic carbocycles. The zero-order valence-electron chi connectivity index (χ0n) is 13.6. The van der Waals surface area contributed by atoms with Crippen LogP contribution >= 0.6 is 0 Å². The number of carbonyl (C=O) groups is 1. The fourth-order valence-corrected chi connectivity index (χ4v) is 7.01. The van der Waals surface area contributed by atoms with Gasteiger partial charge in [0.15, 0.2) is 0 Å². The van der Waals surface area contributed by atoms with Gasteiger partial charge in [-0.1, -0.05) is 13.8 Å². The van der Waals surface area contributed by atoms with E-state index >= 15 is 0 Å². The van der Waals surface area contributed by atoms with Gasteiger partial charge in [0.1, 0.15) is 5.78 Å². The van der Waals surface area contributed by atoms with Crippen LogP contribution in [0.15, 0.2) is 0 Å². The van der Waals surface area contributed by atoms with E-state index in [1.165, 1.54) is 25.7 Å². The Bertz CT molecular complexity index is 458. The molecular weight excluding hydrogens is 260 g/mol. The summed E-state index contributed by atoms with van der Waals surface area (Å²) >= 11 is 0. The van der Waals surface area contributed by atoms with Crippen LogP contribution in [-0.2, 0) is 4.79 Å². The minimum Gasteiger partial charge on any atom is -0.393 e. The van der Waals surface area contributed by atoms with E-state index in [2.05, 4.69) is 13.8 Å². The Morgan fingerprint density at radius 1 is 1.00 bits per heavy atom. The summed E-state index contributed by atoms with van der Waals surface area (Å²) in [6.45, 7) is 4.78. The molecule has 118 valence electrons. The molecule has 2 unspecified atom stereocenters. The Hall–Kier alpha value is -0.370. The highest BCUT2D eigenvalue weighted by Crippen LogP contribution is 2.65. The lowest BCUT2D eigenvalue weighted by molar-refractivity contribution is -0.142. The predicted octanol–water partition coefficient (Wildman–Crippen LogP) is 3.96. The first kappa shape index (κ1) is 14.2. The van der Waals surface area contributed by atoms with Gasteiger partial charge < -0.3 is 5.11 Å². The fraction of sp³-hybridized carbons (Fsp3) is 0.947. The molecule has 7 atom stereocenters. The first-order chi connectivity index (χ1) is 9.95. The number of Topliss-reactive ketones (excluding diaryl/α,β-unsaturated/α-hetero) is 1. The second-order valence-electron chi connectivity index (χ2n) is 9.00. The summed E-state index contributed by atoms with van der Waals surface area (Å²) in [4.78, 5) is 12.4. The van der Waals surface area contributed by atoms with Crippen molar-refractivity contribution in [2.75, 3.05) is 0 Å². The van der Waals surface area contributed by atoms with E-state index in [9.17, 15) is 9.90 Å². The Labute approximate surface area is 128 Å². The standard InChI is InChI=1S/C19H30O2/c1-18-9-7-13(20)11-12(18)3-4-14-15-5-6-17(21)19(15,2)10-8-16(14)18/h12-16,20H,3-11H2,1-2H3/t12?,13?,14-,15-,16-,18-,19-/m0/s1. The van der Waals surface area contributed by atoms with Gasteiger partial charge in [-0.3, -0.25) is 4.79 Å². The van der Waals surface area contributed by atoms with E-state index in [0.29, 0.717) is 17.1 Å². The van der Waals surface area contributed by atoms with Crippen molar-refractivity contribution >= 4 is 5.78 Å². The molecule has 0 heterocycles. The molecule has 21 heavy (non-hydrogen) atoms. The SMILES string of the molecule is C[C@]12CCC(O)CC1CC[C@@H]1[C@@H]2CC[C@]2(C)C(=O)CC[C@@H]12. The van der Waals surface area contributed by atoms with E-state index in [1.54, 1.807) is 0 Å². The van der Waals surface area contributed by atoms with Gasteiger partial charge in [0.2, 0.25) is 0 Å². The minimum atomic E-state index is -0.0541. The van der Waals surface area contributed by atoms with Gasteiger partial charge in [0, 0.05) is 11.8 Å². The van der Waals surface area contributed by atoms with Gasteiger partial charge in [0.05, 0.1) is 6.10 Å². The monoisotopic (exact) mass is 290 g/mol. The van der Waals surface area contributed by atoms with Crippen LogP contribution in [0.1, 0.15) is 71.6 Å². The number of rotatable bonds is 0. The van der Waals surface area contributed by atoms with Crippen LogP contribution in [0.3, 0.4) is 0 Å². The average Bonchev–Trinajstić information content (AvgIpc) is 2.76. The highest BCUT2D eigenvalue weighted by molar-refractivity contribution is 5.87. The molecule has 4 saturated carbocycles. The summed E-state index contributed by atoms with van der Waals surface area (Å²) in [5.41, 5.74) is 0.452. The molecule has 0 aromatic heterocycles. The molecule has 0 aliphatic heterocycles. The normalized spacial score (nSPS) is 56.5. The van der Waals surface area contributed by atoms with Crippen LogP contribution in [-0.4, -0.2) is 17.0 Å². The van der Waals surface area contributed by atoms with Crippen molar-refractivity contribution in [2.45, 2.75) is 77.7 Å². The molecule has 0 saturated heterocycles. The van der Waals surface area contributed by atoms with Crippen LogP contribution < -0.4 is 0 Å². The first-order valence-corrected chi connectivity index (χ1v) is 9.16. The number of hydrogen-bond donors (Lipinski definition) is 1. The van der Waals surface area contributed by atoms with Gasteiger partial charge in [-0.25, -0.2) is 0 Å². The summed E-state index contributed by atoms with van der Waals surface area (Å²) < 4.78 is 0. The molecule has 1 N–H and O–H groups in total. The lowest BCUT2D eigenvalue weighted by Gasteiger charge is -2.60. The van der Waals surface area contributed by atoms with E-state index < -0.39 is 0 Å². The zero-order chi connectivity index (χ0) is 14.8. The highest BCUT2D eigenvalue weighted by atomic mass is 16.3. The first-order valence-electron chi connectivity index (χ1n) is 9.16. The third kappa shape index (κ3) is 1.84. The molecule has 0 bridgehead atoms. The van der Waals surface area contributed by atoms with Crippen LogP contribution in [0.25, 0.3) is 0 Å². The molecule has 0 spiro atoms. The largest absolute Gasteiger partial charge is 0.393 e. The Morgan fingerprint density at radius 2 is 1.81 bits per heavy atom. The molecule has 2 nitrogen and oxygen atoms in total. The number of ketones is 1. The number of carbonyl (C=O) groups excluding carboxylic acids is 1. The fourth-order valence-electron chi connectivity index (χ4n) is 7.01. The van der Waals surface area contributed by atoms with Crippen molar-refractivity contribution in [1.29, 1.82) is 0 Å². The molecule has 0 radical (unpaired) electrons.